The van der Waals surface area contributed by atoms with Crippen molar-refractivity contribution in [3.8, 4) is 0 Å². The number of hydrogen-bond acceptors (Lipinski definition) is 12. The van der Waals surface area contributed by atoms with Gasteiger partial charge in [-0.1, -0.05) is 96.8 Å². The maximum atomic E-state index is 12.4. The normalized spacial score (nSPS) is 25.2. The second-order valence-electron chi connectivity index (χ2n) is 11.6. The van der Waals surface area contributed by atoms with Gasteiger partial charge in [0.25, 0.3) is 5.91 Å². The minimum atomic E-state index is -2.28. The van der Waals surface area contributed by atoms with Crippen LogP contribution in [0.5, 0.6) is 0 Å². The topological polar surface area (TPSA) is 226 Å². The largest absolute Gasteiger partial charge is 0.394 e. The van der Waals surface area contributed by atoms with Crippen LogP contribution in [0.4, 0.5) is 0 Å². The molecule has 0 aromatic carbocycles. The maximum absolute atomic E-state index is 12.4. The summed E-state index contributed by atoms with van der Waals surface area (Å²) in [6.45, 7) is 0.462. The zero-order valence-electron chi connectivity index (χ0n) is 25.6. The number of unbranched alkanes of at least 4 members (excludes halogenated alkanes) is 14. The standard InChI is InChI=1S/C30H57NO12/c1-2-3-4-5-6-7-8-9-10-11-12-13-14-15-16-17-22(35)31-29(41)26(39)25(38)28(20(34)18-32)43-30-27(40)24(37)23(36)21(19-33)42-30/h20-21,23-28,30,32-34,36-40H,2-19H2,1H3,(H,31,35,41)/t20-,21-,23+,24+,25-,26-,27-,28-,30+/m1/s1. The highest BCUT2D eigenvalue weighted by molar-refractivity contribution is 5.97. The van der Waals surface area contributed by atoms with Gasteiger partial charge in [-0.3, -0.25) is 14.9 Å². The monoisotopic (exact) mass is 623 g/mol. The zero-order chi connectivity index (χ0) is 32.2. The van der Waals surface area contributed by atoms with Crippen molar-refractivity contribution in [3.63, 3.8) is 0 Å². The Balaban J connectivity index is 2.33. The Kier molecular flexibility index (Phi) is 21.4. The van der Waals surface area contributed by atoms with Crippen LogP contribution in [0.15, 0.2) is 0 Å². The quantitative estimate of drug-likeness (QED) is 0.0655. The Morgan fingerprint density at radius 3 is 1.70 bits per heavy atom. The van der Waals surface area contributed by atoms with Gasteiger partial charge in [0.1, 0.15) is 42.7 Å². The summed E-state index contributed by atoms with van der Waals surface area (Å²) in [6, 6.07) is 0. The second-order valence-corrected chi connectivity index (χ2v) is 11.6. The lowest BCUT2D eigenvalue weighted by Gasteiger charge is -2.42. The summed E-state index contributed by atoms with van der Waals surface area (Å²) in [6.07, 6.45) is 0.689. The molecule has 13 nitrogen and oxygen atoms in total. The number of carbonyl (C=O) groups is 2. The number of aliphatic hydroxyl groups excluding tert-OH is 8. The van der Waals surface area contributed by atoms with Crippen molar-refractivity contribution in [1.29, 1.82) is 0 Å². The molecule has 0 unspecified atom stereocenters. The van der Waals surface area contributed by atoms with Crippen LogP contribution >= 0.6 is 0 Å². The minimum Gasteiger partial charge on any atom is -0.394 e. The highest BCUT2D eigenvalue weighted by atomic mass is 16.7. The molecule has 0 spiro atoms. The molecule has 43 heavy (non-hydrogen) atoms. The van der Waals surface area contributed by atoms with Gasteiger partial charge >= 0.3 is 0 Å². The molecule has 0 aliphatic carbocycles. The van der Waals surface area contributed by atoms with Crippen LogP contribution in [0.1, 0.15) is 110 Å². The molecule has 9 N–H and O–H groups in total. The highest BCUT2D eigenvalue weighted by Crippen LogP contribution is 2.25. The molecule has 254 valence electrons. The summed E-state index contributed by atoms with van der Waals surface area (Å²) in [5.74, 6) is -1.91. The maximum Gasteiger partial charge on any atom is 0.258 e. The Bertz CT molecular complexity index is 742. The highest BCUT2D eigenvalue weighted by Gasteiger charge is 2.47. The van der Waals surface area contributed by atoms with Crippen molar-refractivity contribution in [3.05, 3.63) is 0 Å². The molecule has 0 saturated carbocycles. The van der Waals surface area contributed by atoms with E-state index in [-0.39, 0.29) is 6.42 Å². The molecule has 1 aliphatic heterocycles. The van der Waals surface area contributed by atoms with Gasteiger partial charge in [-0.25, -0.2) is 0 Å². The third-order valence-corrected chi connectivity index (χ3v) is 7.90. The van der Waals surface area contributed by atoms with Crippen molar-refractivity contribution in [2.24, 2.45) is 0 Å². The molecule has 0 bridgehead atoms. The number of amides is 2. The Morgan fingerprint density at radius 1 is 0.744 bits per heavy atom. The molecule has 0 aromatic rings. The third kappa shape index (κ3) is 15.0. The van der Waals surface area contributed by atoms with Crippen molar-refractivity contribution in [2.45, 2.75) is 165 Å². The molecular weight excluding hydrogens is 566 g/mol. The smallest absolute Gasteiger partial charge is 0.258 e. The van der Waals surface area contributed by atoms with E-state index >= 15 is 0 Å². The fourth-order valence-corrected chi connectivity index (χ4v) is 5.10. The van der Waals surface area contributed by atoms with Gasteiger partial charge in [0.05, 0.1) is 13.2 Å². The summed E-state index contributed by atoms with van der Waals surface area (Å²) in [4.78, 5) is 24.6. The van der Waals surface area contributed by atoms with Crippen LogP contribution in [-0.4, -0.2) is 121 Å². The van der Waals surface area contributed by atoms with Gasteiger partial charge in [-0.15, -0.1) is 0 Å². The van der Waals surface area contributed by atoms with Crippen molar-refractivity contribution >= 4 is 11.8 Å². The van der Waals surface area contributed by atoms with E-state index in [2.05, 4.69) is 6.92 Å². The molecule has 1 aliphatic rings. The van der Waals surface area contributed by atoms with Crippen LogP contribution in [-0.2, 0) is 19.1 Å². The van der Waals surface area contributed by atoms with Crippen LogP contribution < -0.4 is 5.32 Å². The molecule has 0 radical (unpaired) electrons. The first kappa shape index (κ1) is 39.8. The third-order valence-electron chi connectivity index (χ3n) is 7.90. The molecule has 1 rings (SSSR count). The van der Waals surface area contributed by atoms with Crippen molar-refractivity contribution in [1.82, 2.24) is 5.32 Å². The molecular formula is C30H57NO12. The number of hydrogen-bond donors (Lipinski definition) is 9. The van der Waals surface area contributed by atoms with Crippen LogP contribution in [0, 0.1) is 0 Å². The average molecular weight is 624 g/mol. The molecule has 2 amide bonds. The van der Waals surface area contributed by atoms with Gasteiger partial charge in [-0.2, -0.15) is 0 Å². The molecule has 1 heterocycles. The van der Waals surface area contributed by atoms with Gasteiger partial charge in [0, 0.05) is 6.42 Å². The molecule has 1 fully saturated rings. The van der Waals surface area contributed by atoms with E-state index in [0.717, 1.165) is 25.7 Å². The van der Waals surface area contributed by atoms with E-state index in [9.17, 15) is 50.4 Å². The molecule has 1 saturated heterocycles. The van der Waals surface area contributed by atoms with Crippen LogP contribution in [0.25, 0.3) is 0 Å². The fraction of sp³-hybridized carbons (Fsp3) is 0.933. The number of nitrogens with one attached hydrogen (secondary N) is 1. The average Bonchev–Trinajstić information content (AvgIpc) is 3.00. The lowest BCUT2D eigenvalue weighted by molar-refractivity contribution is -0.326. The molecule has 9 atom stereocenters. The first-order valence-corrected chi connectivity index (χ1v) is 16.0. The summed E-state index contributed by atoms with van der Waals surface area (Å²) >= 11 is 0. The number of aliphatic hydroxyl groups is 8. The molecule has 0 aromatic heterocycles. The van der Waals surface area contributed by atoms with Crippen LogP contribution in [0.2, 0.25) is 0 Å². The van der Waals surface area contributed by atoms with Gasteiger partial charge in [-0.05, 0) is 6.42 Å². The predicted molar refractivity (Wildman–Crippen MR) is 156 cm³/mol. The Labute approximate surface area is 255 Å². The minimum absolute atomic E-state index is 0.0386. The van der Waals surface area contributed by atoms with E-state index in [1.54, 1.807) is 0 Å². The summed E-state index contributed by atoms with van der Waals surface area (Å²) < 4.78 is 10.4. The fourth-order valence-electron chi connectivity index (χ4n) is 5.10. The summed E-state index contributed by atoms with van der Waals surface area (Å²) in [5.41, 5.74) is 0. The lowest BCUT2D eigenvalue weighted by Crippen LogP contribution is -2.62. The van der Waals surface area contributed by atoms with Crippen molar-refractivity contribution in [2.75, 3.05) is 13.2 Å². The van der Waals surface area contributed by atoms with E-state index < -0.39 is 80.1 Å². The lowest BCUT2D eigenvalue weighted by atomic mass is 9.98. The number of imide groups is 1. The zero-order valence-corrected chi connectivity index (χ0v) is 25.6. The van der Waals surface area contributed by atoms with E-state index in [1.807, 2.05) is 5.32 Å². The van der Waals surface area contributed by atoms with Gasteiger partial charge in [0.15, 0.2) is 12.4 Å². The van der Waals surface area contributed by atoms with E-state index in [4.69, 9.17) is 9.47 Å². The number of carbonyl (C=O) groups excluding carboxylic acids is 2. The summed E-state index contributed by atoms with van der Waals surface area (Å²) in [7, 11) is 0. The van der Waals surface area contributed by atoms with Gasteiger partial charge < -0.3 is 50.3 Å². The van der Waals surface area contributed by atoms with Gasteiger partial charge in [0.2, 0.25) is 5.91 Å². The number of ether oxygens (including phenoxy) is 2. The second kappa shape index (κ2) is 23.1. The predicted octanol–water partition coefficient (Wildman–Crippen LogP) is 0.151. The Hall–Kier alpha value is -1.26. The van der Waals surface area contributed by atoms with Crippen molar-refractivity contribution < 1.29 is 59.9 Å². The van der Waals surface area contributed by atoms with Crippen LogP contribution in [0.3, 0.4) is 0 Å². The van der Waals surface area contributed by atoms with E-state index in [1.165, 1.54) is 64.2 Å². The first-order valence-electron chi connectivity index (χ1n) is 16.0. The SMILES string of the molecule is CCCCCCCCCCCCCCCCCC(=O)NC(=O)[C@H](O)[C@@H](O)[C@H](O[C@@H]1O[C@H](CO)[C@H](O)[C@H](O)[C@H]1O)[C@H](O)CO. The van der Waals surface area contributed by atoms with E-state index in [0.29, 0.717) is 6.42 Å². The number of rotatable bonds is 24. The first-order chi connectivity index (χ1) is 20.6. The molecule has 13 heteroatoms. The summed E-state index contributed by atoms with van der Waals surface area (Å²) in [5, 5.41) is 81.6. The Morgan fingerprint density at radius 2 is 1.23 bits per heavy atom.